The first-order chi connectivity index (χ1) is 14.2. The van der Waals surface area contributed by atoms with Gasteiger partial charge >= 0.3 is 0 Å². The largest absolute Gasteiger partial charge is 0.334 e. The summed E-state index contributed by atoms with van der Waals surface area (Å²) in [4.78, 5) is 19.6. The Morgan fingerprint density at radius 2 is 2.00 bits per heavy atom. The first kappa shape index (κ1) is 17.7. The molecule has 1 aromatic carbocycles. The third-order valence-electron chi connectivity index (χ3n) is 5.27. The van der Waals surface area contributed by atoms with Crippen molar-refractivity contribution in [1.29, 1.82) is 0 Å². The van der Waals surface area contributed by atoms with Crippen LogP contribution in [0.1, 0.15) is 35.8 Å². The quantitative estimate of drug-likeness (QED) is 0.551. The maximum absolute atomic E-state index is 13.1. The van der Waals surface area contributed by atoms with Crippen LogP contribution >= 0.6 is 0 Å². The first-order valence-corrected chi connectivity index (χ1v) is 9.56. The fourth-order valence-corrected chi connectivity index (χ4v) is 3.80. The van der Waals surface area contributed by atoms with Gasteiger partial charge in [-0.05, 0) is 43.6 Å². The molecule has 0 amide bonds. The summed E-state index contributed by atoms with van der Waals surface area (Å²) >= 11 is 0. The molecule has 1 saturated heterocycles. The number of halogens is 1. The van der Waals surface area contributed by atoms with E-state index < -0.39 is 0 Å². The van der Waals surface area contributed by atoms with Crippen molar-refractivity contribution in [1.82, 2.24) is 30.1 Å². The van der Waals surface area contributed by atoms with Gasteiger partial charge in [-0.3, -0.25) is 4.79 Å². The fraction of sp³-hybridized carbons (Fsp3) is 0.300. The topological polar surface area (TPSA) is 101 Å². The lowest BCUT2D eigenvalue weighted by molar-refractivity contribution is 0.424. The van der Waals surface area contributed by atoms with Crippen LogP contribution in [-0.2, 0) is 6.42 Å². The van der Waals surface area contributed by atoms with E-state index in [-0.39, 0.29) is 23.2 Å². The molecule has 29 heavy (non-hydrogen) atoms. The summed E-state index contributed by atoms with van der Waals surface area (Å²) in [5, 5.41) is 11.8. The van der Waals surface area contributed by atoms with E-state index in [4.69, 9.17) is 4.52 Å². The Morgan fingerprint density at radius 1 is 1.21 bits per heavy atom. The molecule has 4 aromatic rings. The SMILES string of the molecule is O=c1cc(C2CCNCC2)n2ncc(-c3nc(Cc4ccc(F)cc4)no3)c2[nH]1. The third kappa shape index (κ3) is 3.44. The van der Waals surface area contributed by atoms with Gasteiger partial charge < -0.3 is 14.8 Å². The minimum Gasteiger partial charge on any atom is -0.334 e. The van der Waals surface area contributed by atoms with E-state index in [0.717, 1.165) is 37.2 Å². The van der Waals surface area contributed by atoms with Gasteiger partial charge in [0.05, 0.1) is 11.9 Å². The molecule has 4 heterocycles. The molecule has 9 heteroatoms. The van der Waals surface area contributed by atoms with Crippen LogP contribution in [0.15, 0.2) is 45.8 Å². The summed E-state index contributed by atoms with van der Waals surface area (Å²) in [6.07, 6.45) is 3.96. The maximum atomic E-state index is 13.1. The van der Waals surface area contributed by atoms with E-state index in [0.29, 0.717) is 23.5 Å². The van der Waals surface area contributed by atoms with Gasteiger partial charge in [0.1, 0.15) is 17.0 Å². The molecule has 0 aliphatic carbocycles. The van der Waals surface area contributed by atoms with Gasteiger partial charge in [-0.25, -0.2) is 8.91 Å². The van der Waals surface area contributed by atoms with Gasteiger partial charge in [0, 0.05) is 18.4 Å². The summed E-state index contributed by atoms with van der Waals surface area (Å²) < 4.78 is 20.3. The average molecular weight is 394 g/mol. The number of nitrogens with zero attached hydrogens (tertiary/aromatic N) is 4. The minimum atomic E-state index is -0.289. The lowest BCUT2D eigenvalue weighted by Crippen LogP contribution is -2.28. The van der Waals surface area contributed by atoms with Gasteiger partial charge in [-0.1, -0.05) is 17.3 Å². The summed E-state index contributed by atoms with van der Waals surface area (Å²) in [6.45, 7) is 1.84. The van der Waals surface area contributed by atoms with Crippen molar-refractivity contribution in [3.63, 3.8) is 0 Å². The van der Waals surface area contributed by atoms with Crippen LogP contribution in [0.3, 0.4) is 0 Å². The lowest BCUT2D eigenvalue weighted by atomic mass is 9.94. The van der Waals surface area contributed by atoms with Crippen LogP contribution in [-0.4, -0.2) is 37.8 Å². The number of H-pyrrole nitrogens is 1. The Kier molecular flexibility index (Phi) is 4.44. The fourth-order valence-electron chi connectivity index (χ4n) is 3.80. The number of fused-ring (bicyclic) bond motifs is 1. The minimum absolute atomic E-state index is 0.182. The molecule has 0 unspecified atom stereocenters. The lowest BCUT2D eigenvalue weighted by Gasteiger charge is -2.23. The van der Waals surface area contributed by atoms with E-state index in [1.165, 1.54) is 12.1 Å². The molecule has 0 atom stereocenters. The van der Waals surface area contributed by atoms with Crippen LogP contribution in [0.2, 0.25) is 0 Å². The number of hydrogen-bond acceptors (Lipinski definition) is 6. The molecule has 8 nitrogen and oxygen atoms in total. The number of rotatable bonds is 4. The van der Waals surface area contributed by atoms with E-state index in [2.05, 4.69) is 25.5 Å². The van der Waals surface area contributed by atoms with Crippen molar-refractivity contribution in [2.45, 2.75) is 25.2 Å². The van der Waals surface area contributed by atoms with Crippen molar-refractivity contribution in [2.24, 2.45) is 0 Å². The molecule has 2 N–H and O–H groups in total. The number of nitrogens with one attached hydrogen (secondary N) is 2. The molecule has 5 rings (SSSR count). The molecule has 3 aromatic heterocycles. The van der Waals surface area contributed by atoms with E-state index in [1.54, 1.807) is 28.9 Å². The Hall–Kier alpha value is -3.33. The van der Waals surface area contributed by atoms with Crippen LogP contribution in [0, 0.1) is 5.82 Å². The second-order valence-corrected chi connectivity index (χ2v) is 7.22. The Morgan fingerprint density at radius 3 is 2.79 bits per heavy atom. The van der Waals surface area contributed by atoms with Crippen molar-refractivity contribution >= 4 is 5.65 Å². The molecule has 0 spiro atoms. The number of benzene rings is 1. The highest BCUT2D eigenvalue weighted by Gasteiger charge is 2.22. The molecule has 1 aliphatic rings. The van der Waals surface area contributed by atoms with E-state index in [1.807, 2.05) is 0 Å². The standard InChI is InChI=1S/C20H19FN6O2/c21-14-3-1-12(2-4-14)9-17-24-20(29-26-17)15-11-23-27-16(10-18(28)25-19(15)27)13-5-7-22-8-6-13/h1-4,10-11,13,22H,5-9H2,(H,25,28). The van der Waals surface area contributed by atoms with E-state index in [9.17, 15) is 9.18 Å². The zero-order chi connectivity index (χ0) is 19.8. The summed E-state index contributed by atoms with van der Waals surface area (Å²) in [6, 6.07) is 7.78. The zero-order valence-corrected chi connectivity index (χ0v) is 15.6. The highest BCUT2D eigenvalue weighted by molar-refractivity contribution is 5.71. The molecular formula is C20H19FN6O2. The van der Waals surface area contributed by atoms with Crippen LogP contribution < -0.4 is 10.9 Å². The molecule has 0 saturated carbocycles. The highest BCUT2D eigenvalue weighted by atomic mass is 19.1. The summed E-state index contributed by atoms with van der Waals surface area (Å²) in [5.74, 6) is 0.742. The Labute approximate surface area is 164 Å². The number of aromatic amines is 1. The number of hydrogen-bond donors (Lipinski definition) is 2. The number of piperidine rings is 1. The highest BCUT2D eigenvalue weighted by Crippen LogP contribution is 2.27. The maximum Gasteiger partial charge on any atom is 0.263 e. The molecule has 0 radical (unpaired) electrons. The predicted octanol–water partition coefficient (Wildman–Crippen LogP) is 2.27. The molecule has 1 fully saturated rings. The monoisotopic (exact) mass is 394 g/mol. The smallest absolute Gasteiger partial charge is 0.263 e. The zero-order valence-electron chi connectivity index (χ0n) is 15.6. The van der Waals surface area contributed by atoms with Gasteiger partial charge in [0.25, 0.3) is 11.4 Å². The third-order valence-corrected chi connectivity index (χ3v) is 5.27. The first-order valence-electron chi connectivity index (χ1n) is 9.56. The van der Waals surface area contributed by atoms with Gasteiger partial charge in [-0.2, -0.15) is 10.1 Å². The van der Waals surface area contributed by atoms with Gasteiger partial charge in [0.2, 0.25) is 0 Å². The van der Waals surface area contributed by atoms with Crippen molar-refractivity contribution in [3.05, 3.63) is 69.8 Å². The average Bonchev–Trinajstić information content (AvgIpc) is 3.36. The summed E-state index contributed by atoms with van der Waals surface area (Å²) in [7, 11) is 0. The molecule has 0 bridgehead atoms. The second kappa shape index (κ2) is 7.25. The van der Waals surface area contributed by atoms with Crippen molar-refractivity contribution < 1.29 is 8.91 Å². The molecule has 1 aliphatic heterocycles. The molecule has 148 valence electrons. The molecular weight excluding hydrogens is 375 g/mol. The van der Waals surface area contributed by atoms with Crippen LogP contribution in [0.4, 0.5) is 4.39 Å². The van der Waals surface area contributed by atoms with Gasteiger partial charge in [-0.15, -0.1) is 0 Å². The van der Waals surface area contributed by atoms with Gasteiger partial charge in [0.15, 0.2) is 5.82 Å². The Bertz CT molecular complexity index is 1200. The Balaban J connectivity index is 1.49. The van der Waals surface area contributed by atoms with Crippen LogP contribution in [0.5, 0.6) is 0 Å². The van der Waals surface area contributed by atoms with E-state index >= 15 is 0 Å². The van der Waals surface area contributed by atoms with Crippen LogP contribution in [0.25, 0.3) is 17.1 Å². The summed E-state index contributed by atoms with van der Waals surface area (Å²) in [5.41, 5.74) is 2.71. The van der Waals surface area contributed by atoms with Crippen molar-refractivity contribution in [3.8, 4) is 11.5 Å². The normalized spacial score (nSPS) is 15.2. The number of aromatic nitrogens is 5. The predicted molar refractivity (Wildman–Crippen MR) is 103 cm³/mol. The van der Waals surface area contributed by atoms with Crippen molar-refractivity contribution in [2.75, 3.05) is 13.1 Å². The second-order valence-electron chi connectivity index (χ2n) is 7.22.